The molecule has 28 heavy (non-hydrogen) atoms. The van der Waals surface area contributed by atoms with Gasteiger partial charge in [0.1, 0.15) is 12.1 Å². The van der Waals surface area contributed by atoms with Crippen LogP contribution in [0.25, 0.3) is 11.4 Å². The zero-order valence-corrected chi connectivity index (χ0v) is 14.6. The van der Waals surface area contributed by atoms with Crippen molar-refractivity contribution in [2.75, 3.05) is 6.54 Å². The molecule has 2 aromatic heterocycles. The summed E-state index contributed by atoms with van der Waals surface area (Å²) < 4.78 is 53.0. The van der Waals surface area contributed by atoms with Crippen molar-refractivity contribution in [1.82, 2.24) is 24.8 Å². The molecule has 3 aromatic rings. The van der Waals surface area contributed by atoms with Crippen LogP contribution in [-0.4, -0.2) is 31.4 Å². The van der Waals surface area contributed by atoms with Gasteiger partial charge >= 0.3 is 6.18 Å². The number of rotatable bonds is 3. The molecule has 4 rings (SSSR count). The van der Waals surface area contributed by atoms with E-state index in [1.165, 1.54) is 18.5 Å². The van der Waals surface area contributed by atoms with Gasteiger partial charge in [-0.2, -0.15) is 13.2 Å². The molecular weight excluding hydrogens is 374 g/mol. The van der Waals surface area contributed by atoms with Gasteiger partial charge in [0.05, 0.1) is 16.8 Å². The summed E-state index contributed by atoms with van der Waals surface area (Å²) in [5.41, 5.74) is 1.24. The molecule has 144 valence electrons. The molecule has 1 aliphatic heterocycles. The Labute approximate surface area is 158 Å². The molecular formula is C19H15F4N5. The van der Waals surface area contributed by atoms with E-state index in [4.69, 9.17) is 0 Å². The van der Waals surface area contributed by atoms with E-state index in [1.807, 2.05) is 4.90 Å². The van der Waals surface area contributed by atoms with E-state index in [1.54, 1.807) is 18.6 Å². The zero-order valence-electron chi connectivity index (χ0n) is 14.6. The van der Waals surface area contributed by atoms with Crippen LogP contribution in [-0.2, 0) is 25.7 Å². The molecule has 0 aliphatic carbocycles. The SMILES string of the molecule is Fc1c(CN2CCc3nc(-c4cncnc4)ncc3C2)cccc1C(F)(F)F. The van der Waals surface area contributed by atoms with Crippen molar-refractivity contribution in [3.63, 3.8) is 0 Å². The average Bonchev–Trinajstić information content (AvgIpc) is 2.69. The molecule has 0 radical (unpaired) electrons. The van der Waals surface area contributed by atoms with Crippen molar-refractivity contribution < 1.29 is 17.6 Å². The summed E-state index contributed by atoms with van der Waals surface area (Å²) in [6.45, 7) is 1.09. The van der Waals surface area contributed by atoms with Gasteiger partial charge in [-0.25, -0.2) is 24.3 Å². The molecule has 0 fully saturated rings. The summed E-state index contributed by atoms with van der Waals surface area (Å²) in [5.74, 6) is -0.687. The molecule has 0 saturated heterocycles. The first-order valence-corrected chi connectivity index (χ1v) is 8.59. The first kappa shape index (κ1) is 18.4. The van der Waals surface area contributed by atoms with Gasteiger partial charge in [0, 0.05) is 55.8 Å². The fraction of sp³-hybridized carbons (Fsp3) is 0.263. The molecule has 1 aliphatic rings. The Balaban J connectivity index is 1.53. The van der Waals surface area contributed by atoms with Gasteiger partial charge < -0.3 is 0 Å². The van der Waals surface area contributed by atoms with Crippen LogP contribution in [0.2, 0.25) is 0 Å². The number of aromatic nitrogens is 4. The lowest BCUT2D eigenvalue weighted by atomic mass is 10.0. The zero-order chi connectivity index (χ0) is 19.7. The molecule has 0 amide bonds. The molecule has 0 spiro atoms. The van der Waals surface area contributed by atoms with Gasteiger partial charge in [-0.05, 0) is 6.07 Å². The monoisotopic (exact) mass is 389 g/mol. The third kappa shape index (κ3) is 3.70. The third-order valence-corrected chi connectivity index (χ3v) is 4.61. The largest absolute Gasteiger partial charge is 0.419 e. The highest BCUT2D eigenvalue weighted by Gasteiger charge is 2.35. The van der Waals surface area contributed by atoms with Crippen molar-refractivity contribution in [3.05, 3.63) is 71.3 Å². The van der Waals surface area contributed by atoms with Crippen LogP contribution in [0.4, 0.5) is 17.6 Å². The Morgan fingerprint density at radius 1 is 1.07 bits per heavy atom. The molecule has 1 aromatic carbocycles. The number of benzene rings is 1. The Morgan fingerprint density at radius 2 is 1.86 bits per heavy atom. The van der Waals surface area contributed by atoms with Crippen LogP contribution in [0.1, 0.15) is 22.4 Å². The highest BCUT2D eigenvalue weighted by Crippen LogP contribution is 2.33. The van der Waals surface area contributed by atoms with E-state index >= 15 is 0 Å². The van der Waals surface area contributed by atoms with Gasteiger partial charge in [-0.3, -0.25) is 4.90 Å². The van der Waals surface area contributed by atoms with Crippen LogP contribution < -0.4 is 0 Å². The van der Waals surface area contributed by atoms with Crippen LogP contribution in [0.15, 0.2) is 43.1 Å². The Morgan fingerprint density at radius 3 is 2.61 bits per heavy atom. The van der Waals surface area contributed by atoms with Crippen molar-refractivity contribution in [2.45, 2.75) is 25.7 Å². The summed E-state index contributed by atoms with van der Waals surface area (Å²) in [4.78, 5) is 18.7. The molecule has 3 heterocycles. The topological polar surface area (TPSA) is 54.8 Å². The second kappa shape index (κ2) is 7.23. The number of fused-ring (bicyclic) bond motifs is 1. The van der Waals surface area contributed by atoms with Crippen LogP contribution >= 0.6 is 0 Å². The van der Waals surface area contributed by atoms with E-state index in [2.05, 4.69) is 19.9 Å². The molecule has 0 N–H and O–H groups in total. The summed E-state index contributed by atoms with van der Waals surface area (Å²) in [5, 5.41) is 0. The summed E-state index contributed by atoms with van der Waals surface area (Å²) in [6, 6.07) is 3.37. The lowest BCUT2D eigenvalue weighted by molar-refractivity contribution is -0.140. The van der Waals surface area contributed by atoms with Gasteiger partial charge in [-0.1, -0.05) is 12.1 Å². The van der Waals surface area contributed by atoms with E-state index in [0.29, 0.717) is 30.9 Å². The highest BCUT2D eigenvalue weighted by atomic mass is 19.4. The summed E-state index contributed by atoms with van der Waals surface area (Å²) in [7, 11) is 0. The molecule has 0 unspecified atom stereocenters. The lowest BCUT2D eigenvalue weighted by Gasteiger charge is -2.28. The molecule has 5 nitrogen and oxygen atoms in total. The van der Waals surface area contributed by atoms with E-state index in [9.17, 15) is 17.6 Å². The van der Waals surface area contributed by atoms with Crippen molar-refractivity contribution in [3.8, 4) is 11.4 Å². The predicted octanol–water partition coefficient (Wildman–Crippen LogP) is 3.65. The van der Waals surface area contributed by atoms with Crippen molar-refractivity contribution in [1.29, 1.82) is 0 Å². The smallest absolute Gasteiger partial charge is 0.294 e. The highest BCUT2D eigenvalue weighted by molar-refractivity contribution is 5.52. The minimum absolute atomic E-state index is 0.0252. The minimum atomic E-state index is -4.71. The molecule has 0 bridgehead atoms. The molecule has 0 atom stereocenters. The first-order chi connectivity index (χ1) is 13.4. The molecule has 0 saturated carbocycles. The van der Waals surface area contributed by atoms with Crippen LogP contribution in [0.5, 0.6) is 0 Å². The van der Waals surface area contributed by atoms with Crippen LogP contribution in [0.3, 0.4) is 0 Å². The van der Waals surface area contributed by atoms with Crippen LogP contribution in [0, 0.1) is 5.82 Å². The fourth-order valence-electron chi connectivity index (χ4n) is 3.22. The standard InChI is InChI=1S/C19H15F4N5/c20-17-12(2-1-3-15(17)19(21,22)23)9-28-5-4-16-14(10-28)8-26-18(27-16)13-6-24-11-25-7-13/h1-3,6-8,11H,4-5,9-10H2. The Bertz CT molecular complexity index is 991. The van der Waals surface area contributed by atoms with Gasteiger partial charge in [0.15, 0.2) is 5.82 Å². The number of halogens is 4. The second-order valence-corrected chi connectivity index (χ2v) is 6.53. The summed E-state index contributed by atoms with van der Waals surface area (Å²) in [6.07, 6.45) is 2.26. The number of nitrogens with zero attached hydrogens (tertiary/aromatic N) is 5. The average molecular weight is 389 g/mol. The fourth-order valence-corrected chi connectivity index (χ4v) is 3.22. The lowest BCUT2D eigenvalue weighted by Crippen LogP contribution is -2.31. The third-order valence-electron chi connectivity index (χ3n) is 4.61. The normalized spacial score (nSPS) is 14.7. The van der Waals surface area contributed by atoms with Crippen molar-refractivity contribution in [2.24, 2.45) is 0 Å². The number of alkyl halides is 3. The quantitative estimate of drug-likeness (QED) is 0.640. The number of hydrogen-bond acceptors (Lipinski definition) is 5. The first-order valence-electron chi connectivity index (χ1n) is 8.59. The van der Waals surface area contributed by atoms with E-state index in [-0.39, 0.29) is 12.1 Å². The van der Waals surface area contributed by atoms with Gasteiger partial charge in [-0.15, -0.1) is 0 Å². The maximum absolute atomic E-state index is 14.3. The van der Waals surface area contributed by atoms with E-state index < -0.39 is 17.6 Å². The molecule has 9 heteroatoms. The maximum atomic E-state index is 14.3. The second-order valence-electron chi connectivity index (χ2n) is 6.53. The Hall–Kier alpha value is -2.94. The van der Waals surface area contributed by atoms with Gasteiger partial charge in [0.25, 0.3) is 0 Å². The predicted molar refractivity (Wildman–Crippen MR) is 92.3 cm³/mol. The van der Waals surface area contributed by atoms with Crippen molar-refractivity contribution >= 4 is 0 Å². The summed E-state index contributed by atoms with van der Waals surface area (Å²) >= 11 is 0. The number of hydrogen-bond donors (Lipinski definition) is 0. The maximum Gasteiger partial charge on any atom is 0.419 e. The minimum Gasteiger partial charge on any atom is -0.294 e. The Kier molecular flexibility index (Phi) is 4.76. The van der Waals surface area contributed by atoms with Gasteiger partial charge in [0.2, 0.25) is 0 Å². The van der Waals surface area contributed by atoms with E-state index in [0.717, 1.165) is 17.3 Å².